The molecule has 1 aliphatic rings. The number of nitrogens with zero attached hydrogens (tertiary/aromatic N) is 1. The monoisotopic (exact) mass is 495 g/mol. The summed E-state index contributed by atoms with van der Waals surface area (Å²) in [6.45, 7) is 2.60. The van der Waals surface area contributed by atoms with Gasteiger partial charge in [0.15, 0.2) is 5.82 Å². The molecule has 2 heterocycles. The number of carbonyl (C=O) groups is 2. The van der Waals surface area contributed by atoms with Gasteiger partial charge in [-0.3, -0.25) is 9.59 Å². The highest BCUT2D eigenvalue weighted by atomic mass is 32.2. The number of esters is 1. The summed E-state index contributed by atoms with van der Waals surface area (Å²) in [5.41, 5.74) is 1.47. The van der Waals surface area contributed by atoms with Gasteiger partial charge in [0.25, 0.3) is 11.5 Å². The van der Waals surface area contributed by atoms with Gasteiger partial charge in [0.1, 0.15) is 16.5 Å². The van der Waals surface area contributed by atoms with Crippen LogP contribution in [0.1, 0.15) is 44.9 Å². The van der Waals surface area contributed by atoms with Gasteiger partial charge in [-0.25, -0.2) is 9.78 Å². The Hall–Kier alpha value is -3.79. The second-order valence-corrected chi connectivity index (χ2v) is 8.74. The average molecular weight is 496 g/mol. The quantitative estimate of drug-likeness (QED) is 0.343. The minimum Gasteiger partial charge on any atom is -0.497 e. The summed E-state index contributed by atoms with van der Waals surface area (Å²) < 4.78 is 16.0. The van der Waals surface area contributed by atoms with Crippen LogP contribution in [0.5, 0.6) is 11.5 Å². The van der Waals surface area contributed by atoms with Crippen molar-refractivity contribution in [1.82, 2.24) is 15.3 Å². The van der Waals surface area contributed by atoms with Gasteiger partial charge in [-0.15, -0.1) is 11.8 Å². The van der Waals surface area contributed by atoms with Crippen molar-refractivity contribution < 1.29 is 23.8 Å². The predicted molar refractivity (Wildman–Crippen MR) is 130 cm³/mol. The van der Waals surface area contributed by atoms with Crippen LogP contribution >= 0.6 is 11.8 Å². The van der Waals surface area contributed by atoms with Crippen LogP contribution < -0.4 is 20.3 Å². The Labute approximate surface area is 206 Å². The molecule has 9 nitrogen and oxygen atoms in total. The molecular formula is C25H25N3O6S. The van der Waals surface area contributed by atoms with E-state index in [9.17, 15) is 14.4 Å². The lowest BCUT2D eigenvalue weighted by molar-refractivity contribution is 0.0526. The summed E-state index contributed by atoms with van der Waals surface area (Å²) in [5.74, 6) is 0.831. The maximum absolute atomic E-state index is 12.8. The topological polar surface area (TPSA) is 120 Å². The van der Waals surface area contributed by atoms with Gasteiger partial charge in [0.2, 0.25) is 0 Å². The normalized spacial score (nSPS) is 14.2. The molecule has 0 spiro atoms. The van der Waals surface area contributed by atoms with Crippen LogP contribution in [0.25, 0.3) is 0 Å². The number of rotatable bonds is 9. The van der Waals surface area contributed by atoms with E-state index in [1.54, 1.807) is 38.3 Å². The second-order valence-electron chi connectivity index (χ2n) is 7.73. The van der Waals surface area contributed by atoms with Gasteiger partial charge in [0, 0.05) is 18.2 Å². The summed E-state index contributed by atoms with van der Waals surface area (Å²) in [5, 5.41) is 3.30. The first-order valence-electron chi connectivity index (χ1n) is 11.1. The summed E-state index contributed by atoms with van der Waals surface area (Å²) in [4.78, 5) is 44.1. The standard InChI is InChI=1S/C25H25N3O6S/c1-3-33-25(31)16-7-9-18(10-8-16)34-13-17-14-35-24-20(17)22(29)27-21(28-24)23(30)26-12-15-5-4-6-19(11-15)32-2/h4-11,17H,3,12-14H2,1-2H3,(H,26,30)(H,27,28,29). The average Bonchev–Trinajstić information content (AvgIpc) is 3.30. The Kier molecular flexibility index (Phi) is 7.71. The SMILES string of the molecule is CCOC(=O)c1ccc(OCC2CSc3nc(C(=O)NCc4cccc(OC)c4)[nH]c(=O)c32)cc1. The van der Waals surface area contributed by atoms with Crippen LogP contribution in [0.3, 0.4) is 0 Å². The van der Waals surface area contributed by atoms with Gasteiger partial charge in [-0.1, -0.05) is 12.1 Å². The Balaban J connectivity index is 1.38. The molecule has 10 heteroatoms. The van der Waals surface area contributed by atoms with Crippen molar-refractivity contribution in [3.8, 4) is 11.5 Å². The predicted octanol–water partition coefficient (Wildman–Crippen LogP) is 3.15. The van der Waals surface area contributed by atoms with Gasteiger partial charge in [0.05, 0.1) is 31.5 Å². The van der Waals surface area contributed by atoms with Crippen LogP contribution in [-0.4, -0.2) is 47.9 Å². The third-order valence-corrected chi connectivity index (χ3v) is 6.52. The molecule has 1 aliphatic heterocycles. The van der Waals surface area contributed by atoms with E-state index in [1.165, 1.54) is 11.8 Å². The zero-order valence-corrected chi connectivity index (χ0v) is 20.1. The zero-order valence-electron chi connectivity index (χ0n) is 19.3. The van der Waals surface area contributed by atoms with Crippen LogP contribution in [-0.2, 0) is 11.3 Å². The number of aromatic nitrogens is 2. The molecular weight excluding hydrogens is 470 g/mol. The number of hydrogen-bond donors (Lipinski definition) is 2. The van der Waals surface area contributed by atoms with E-state index in [4.69, 9.17) is 14.2 Å². The van der Waals surface area contributed by atoms with Crippen LogP contribution in [0, 0.1) is 0 Å². The largest absolute Gasteiger partial charge is 0.497 e. The Morgan fingerprint density at radius 2 is 1.97 bits per heavy atom. The number of carbonyl (C=O) groups excluding carboxylic acids is 2. The number of thioether (sulfide) groups is 1. The fourth-order valence-electron chi connectivity index (χ4n) is 3.58. The first-order valence-corrected chi connectivity index (χ1v) is 12.0. The van der Waals surface area contributed by atoms with Crippen molar-refractivity contribution >= 4 is 23.6 Å². The van der Waals surface area contributed by atoms with E-state index in [0.717, 1.165) is 5.56 Å². The molecule has 0 radical (unpaired) electrons. The molecule has 1 atom stereocenters. The van der Waals surface area contributed by atoms with Gasteiger partial charge < -0.3 is 24.5 Å². The van der Waals surface area contributed by atoms with Crippen molar-refractivity contribution in [3.05, 3.63) is 81.4 Å². The molecule has 4 rings (SSSR count). The van der Waals surface area contributed by atoms with Crippen LogP contribution in [0.2, 0.25) is 0 Å². The number of fused-ring (bicyclic) bond motifs is 1. The molecule has 0 saturated heterocycles. The zero-order chi connectivity index (χ0) is 24.8. The van der Waals surface area contributed by atoms with Crippen LogP contribution in [0.4, 0.5) is 0 Å². The number of amides is 1. The van der Waals surface area contributed by atoms with E-state index in [1.807, 2.05) is 24.3 Å². The molecule has 0 aliphatic carbocycles. The van der Waals surface area contributed by atoms with Crippen molar-refractivity contribution in [2.24, 2.45) is 0 Å². The molecule has 3 aromatic rings. The molecule has 1 unspecified atom stereocenters. The highest BCUT2D eigenvalue weighted by molar-refractivity contribution is 7.99. The van der Waals surface area contributed by atoms with Crippen molar-refractivity contribution in [2.75, 3.05) is 26.1 Å². The van der Waals surface area contributed by atoms with Crippen molar-refractivity contribution in [3.63, 3.8) is 0 Å². The van der Waals surface area contributed by atoms with E-state index in [2.05, 4.69) is 15.3 Å². The maximum atomic E-state index is 12.8. The first kappa shape index (κ1) is 24.3. The maximum Gasteiger partial charge on any atom is 0.338 e. The van der Waals surface area contributed by atoms with Crippen molar-refractivity contribution in [2.45, 2.75) is 24.4 Å². The minimum atomic E-state index is -0.463. The van der Waals surface area contributed by atoms with Crippen molar-refractivity contribution in [1.29, 1.82) is 0 Å². The fraction of sp³-hybridized carbons (Fsp3) is 0.280. The van der Waals surface area contributed by atoms with Gasteiger partial charge in [-0.2, -0.15) is 0 Å². The third kappa shape index (κ3) is 5.83. The molecule has 35 heavy (non-hydrogen) atoms. The third-order valence-electron chi connectivity index (χ3n) is 5.37. The number of aromatic amines is 1. The lowest BCUT2D eigenvalue weighted by atomic mass is 10.1. The number of benzene rings is 2. The lowest BCUT2D eigenvalue weighted by Gasteiger charge is -2.12. The van der Waals surface area contributed by atoms with Gasteiger partial charge in [-0.05, 0) is 48.9 Å². The van der Waals surface area contributed by atoms with Crippen LogP contribution in [0.15, 0.2) is 58.4 Å². The highest BCUT2D eigenvalue weighted by Gasteiger charge is 2.30. The molecule has 0 fully saturated rings. The molecule has 2 N–H and O–H groups in total. The molecule has 182 valence electrons. The van der Waals surface area contributed by atoms with Gasteiger partial charge >= 0.3 is 5.97 Å². The highest BCUT2D eigenvalue weighted by Crippen LogP contribution is 2.36. The first-order chi connectivity index (χ1) is 17.0. The van der Waals surface area contributed by atoms with E-state index < -0.39 is 5.91 Å². The summed E-state index contributed by atoms with van der Waals surface area (Å²) >= 11 is 1.42. The summed E-state index contributed by atoms with van der Waals surface area (Å²) in [6.07, 6.45) is 0. The Morgan fingerprint density at radius 3 is 2.71 bits per heavy atom. The summed E-state index contributed by atoms with van der Waals surface area (Å²) in [7, 11) is 1.58. The van der Waals surface area contributed by atoms with E-state index in [-0.39, 0.29) is 36.4 Å². The Morgan fingerprint density at radius 1 is 1.17 bits per heavy atom. The fourth-order valence-corrected chi connectivity index (χ4v) is 4.77. The number of methoxy groups -OCH3 is 1. The molecule has 1 amide bonds. The summed E-state index contributed by atoms with van der Waals surface area (Å²) in [6, 6.07) is 14.0. The Bertz CT molecular complexity index is 1270. The lowest BCUT2D eigenvalue weighted by Crippen LogP contribution is -2.29. The molecule has 2 aromatic carbocycles. The minimum absolute atomic E-state index is 0.0275. The molecule has 0 bridgehead atoms. The second kappa shape index (κ2) is 11.1. The van der Waals surface area contributed by atoms with E-state index >= 15 is 0 Å². The number of ether oxygens (including phenoxy) is 3. The number of H-pyrrole nitrogens is 1. The molecule has 0 saturated carbocycles. The number of hydrogen-bond acceptors (Lipinski definition) is 8. The van der Waals surface area contributed by atoms with E-state index in [0.29, 0.717) is 40.0 Å². The molecule has 1 aromatic heterocycles. The number of nitrogens with one attached hydrogen (secondary N) is 2. The smallest absolute Gasteiger partial charge is 0.338 e.